The Kier molecular flexibility index (Phi) is 5.15. The highest BCUT2D eigenvalue weighted by Crippen LogP contribution is 2.58. The van der Waals surface area contributed by atoms with Crippen LogP contribution in [0.25, 0.3) is 11.1 Å². The van der Waals surface area contributed by atoms with Gasteiger partial charge in [0.15, 0.2) is 0 Å². The molecule has 0 aromatic heterocycles. The van der Waals surface area contributed by atoms with Gasteiger partial charge in [0.1, 0.15) is 12.6 Å². The van der Waals surface area contributed by atoms with E-state index < -0.39 is 23.5 Å². The Bertz CT molecular complexity index is 1080. The number of carboxylic acid groups (broad SMARTS) is 1. The summed E-state index contributed by atoms with van der Waals surface area (Å²) in [5.74, 6) is -1.28. The van der Waals surface area contributed by atoms with Gasteiger partial charge in [-0.25, -0.2) is 4.79 Å². The van der Waals surface area contributed by atoms with E-state index in [1.165, 1.54) is 0 Å². The minimum Gasteiger partial charge on any atom is -0.481 e. The van der Waals surface area contributed by atoms with Crippen molar-refractivity contribution < 1.29 is 24.2 Å². The Morgan fingerprint density at radius 3 is 2.24 bits per heavy atom. The first-order chi connectivity index (χ1) is 15.8. The summed E-state index contributed by atoms with van der Waals surface area (Å²) >= 11 is 0. The van der Waals surface area contributed by atoms with E-state index in [1.807, 2.05) is 38.1 Å². The third kappa shape index (κ3) is 3.56. The van der Waals surface area contributed by atoms with Gasteiger partial charge in [0.05, 0.1) is 5.41 Å². The fraction of sp³-hybridized carbons (Fsp3) is 0.423. The van der Waals surface area contributed by atoms with E-state index in [1.54, 1.807) is 4.90 Å². The van der Waals surface area contributed by atoms with Gasteiger partial charge in [-0.15, -0.1) is 0 Å². The maximum atomic E-state index is 13.1. The number of alkyl carbamates (subject to hydrolysis) is 1. The van der Waals surface area contributed by atoms with E-state index in [0.717, 1.165) is 22.3 Å². The lowest BCUT2D eigenvalue weighted by molar-refractivity contribution is -0.144. The smallest absolute Gasteiger partial charge is 0.407 e. The third-order valence-electron chi connectivity index (χ3n) is 7.43. The number of amides is 2. The number of ether oxygens (including phenoxy) is 1. The zero-order valence-corrected chi connectivity index (χ0v) is 18.8. The minimum absolute atomic E-state index is 0.0150. The summed E-state index contributed by atoms with van der Waals surface area (Å²) in [6.45, 7) is 4.53. The van der Waals surface area contributed by atoms with E-state index in [0.29, 0.717) is 13.0 Å². The number of hydrogen-bond donors (Lipinski definition) is 2. The molecule has 7 heteroatoms. The second-order valence-electron chi connectivity index (χ2n) is 9.77. The molecular formula is C26H28N2O5. The van der Waals surface area contributed by atoms with Crippen molar-refractivity contribution in [3.63, 3.8) is 0 Å². The first-order valence-corrected chi connectivity index (χ1v) is 11.5. The van der Waals surface area contributed by atoms with Crippen LogP contribution in [0.3, 0.4) is 0 Å². The summed E-state index contributed by atoms with van der Waals surface area (Å²) in [5, 5.41) is 12.2. The van der Waals surface area contributed by atoms with Gasteiger partial charge in [0, 0.05) is 19.0 Å². The predicted molar refractivity (Wildman–Crippen MR) is 122 cm³/mol. The van der Waals surface area contributed by atoms with E-state index in [9.17, 15) is 19.5 Å². The Balaban J connectivity index is 1.24. The van der Waals surface area contributed by atoms with Crippen molar-refractivity contribution in [2.75, 3.05) is 19.7 Å². The molecule has 1 saturated carbocycles. The number of likely N-dealkylation sites (tertiary alicyclic amines) is 1. The number of rotatable bonds is 6. The van der Waals surface area contributed by atoms with Crippen molar-refractivity contribution in [1.29, 1.82) is 0 Å². The Labute approximate surface area is 192 Å². The van der Waals surface area contributed by atoms with Crippen molar-refractivity contribution in [1.82, 2.24) is 10.2 Å². The molecule has 1 heterocycles. The van der Waals surface area contributed by atoms with Gasteiger partial charge >= 0.3 is 12.1 Å². The number of nitrogens with zero attached hydrogens (tertiary/aromatic N) is 1. The zero-order chi connectivity index (χ0) is 23.3. The number of carbonyl (C=O) groups is 3. The normalized spacial score (nSPS) is 23.5. The fourth-order valence-electron chi connectivity index (χ4n) is 5.46. The minimum atomic E-state index is -0.839. The van der Waals surface area contributed by atoms with Crippen LogP contribution in [0, 0.1) is 17.3 Å². The molecule has 2 amide bonds. The van der Waals surface area contributed by atoms with E-state index in [-0.39, 0.29) is 36.8 Å². The molecule has 2 N–H and O–H groups in total. The maximum absolute atomic E-state index is 13.1. The molecule has 0 bridgehead atoms. The van der Waals surface area contributed by atoms with Crippen LogP contribution in [0.2, 0.25) is 0 Å². The molecule has 0 radical (unpaired) electrons. The molecule has 172 valence electrons. The van der Waals surface area contributed by atoms with Crippen LogP contribution in [0.15, 0.2) is 48.5 Å². The SMILES string of the molecule is CC(C)[C@H](NC(=O)OCC1c2ccccc2-c2ccccc21)C(=O)N1CC2CC2(C(=O)O)C1. The molecule has 7 nitrogen and oxygen atoms in total. The first kappa shape index (κ1) is 21.5. The highest BCUT2D eigenvalue weighted by atomic mass is 16.5. The third-order valence-corrected chi connectivity index (χ3v) is 7.43. The molecule has 2 unspecified atom stereocenters. The number of nitrogens with one attached hydrogen (secondary N) is 1. The summed E-state index contributed by atoms with van der Waals surface area (Å²) in [4.78, 5) is 39.0. The van der Waals surface area contributed by atoms with Gasteiger partial charge in [-0.2, -0.15) is 0 Å². The van der Waals surface area contributed by atoms with Crippen LogP contribution in [0.5, 0.6) is 0 Å². The van der Waals surface area contributed by atoms with Crippen LogP contribution in [-0.4, -0.2) is 53.7 Å². The van der Waals surface area contributed by atoms with Gasteiger partial charge < -0.3 is 20.1 Å². The lowest BCUT2D eigenvalue weighted by Gasteiger charge is -2.28. The summed E-state index contributed by atoms with van der Waals surface area (Å²) in [5.41, 5.74) is 3.76. The molecule has 0 spiro atoms. The Morgan fingerprint density at radius 1 is 1.09 bits per heavy atom. The molecule has 3 aliphatic rings. The summed E-state index contributed by atoms with van der Waals surface area (Å²) < 4.78 is 5.61. The molecule has 1 saturated heterocycles. The van der Waals surface area contributed by atoms with Crippen molar-refractivity contribution in [3.8, 4) is 11.1 Å². The predicted octanol–water partition coefficient (Wildman–Crippen LogP) is 3.48. The second kappa shape index (κ2) is 7.90. The van der Waals surface area contributed by atoms with Gasteiger partial charge in [-0.05, 0) is 40.5 Å². The number of fused-ring (bicyclic) bond motifs is 4. The quantitative estimate of drug-likeness (QED) is 0.705. The number of hydrogen-bond acceptors (Lipinski definition) is 4. The van der Waals surface area contributed by atoms with E-state index in [2.05, 4.69) is 29.6 Å². The lowest BCUT2D eigenvalue weighted by atomic mass is 9.98. The average Bonchev–Trinajstić information content (AvgIpc) is 3.23. The summed E-state index contributed by atoms with van der Waals surface area (Å²) in [7, 11) is 0. The lowest BCUT2D eigenvalue weighted by Crippen LogP contribution is -2.51. The average molecular weight is 449 g/mol. The van der Waals surface area contributed by atoms with Gasteiger partial charge in [-0.3, -0.25) is 9.59 Å². The van der Waals surface area contributed by atoms with Gasteiger partial charge in [0.2, 0.25) is 5.91 Å². The van der Waals surface area contributed by atoms with Crippen LogP contribution < -0.4 is 5.32 Å². The van der Waals surface area contributed by atoms with Gasteiger partial charge in [0.25, 0.3) is 0 Å². The Morgan fingerprint density at radius 2 is 1.70 bits per heavy atom. The van der Waals surface area contributed by atoms with Crippen molar-refractivity contribution in [2.24, 2.45) is 17.3 Å². The summed E-state index contributed by atoms with van der Waals surface area (Å²) in [6, 6.07) is 15.5. The molecule has 2 aromatic rings. The fourth-order valence-corrected chi connectivity index (χ4v) is 5.46. The highest BCUT2D eigenvalue weighted by molar-refractivity contribution is 5.88. The number of benzene rings is 2. The van der Waals surface area contributed by atoms with Crippen LogP contribution >= 0.6 is 0 Å². The van der Waals surface area contributed by atoms with Crippen molar-refractivity contribution >= 4 is 18.0 Å². The molecule has 1 aliphatic heterocycles. The monoisotopic (exact) mass is 448 g/mol. The molecule has 2 aliphatic carbocycles. The number of aliphatic carboxylic acids is 1. The second-order valence-corrected chi connectivity index (χ2v) is 9.77. The van der Waals surface area contributed by atoms with Crippen LogP contribution in [0.4, 0.5) is 4.79 Å². The summed E-state index contributed by atoms with van der Waals surface area (Å²) in [6.07, 6.45) is -0.0145. The van der Waals surface area contributed by atoms with E-state index >= 15 is 0 Å². The molecule has 5 rings (SSSR count). The zero-order valence-electron chi connectivity index (χ0n) is 18.8. The Hall–Kier alpha value is -3.35. The number of carboxylic acids is 1. The largest absolute Gasteiger partial charge is 0.481 e. The van der Waals surface area contributed by atoms with Gasteiger partial charge in [-0.1, -0.05) is 62.4 Å². The highest BCUT2D eigenvalue weighted by Gasteiger charge is 2.66. The number of carbonyl (C=O) groups excluding carboxylic acids is 2. The molecular weight excluding hydrogens is 420 g/mol. The topological polar surface area (TPSA) is 95.9 Å². The molecule has 33 heavy (non-hydrogen) atoms. The van der Waals surface area contributed by atoms with Crippen LogP contribution in [0.1, 0.15) is 37.3 Å². The first-order valence-electron chi connectivity index (χ1n) is 11.5. The molecule has 2 fully saturated rings. The molecule has 3 atom stereocenters. The molecule has 2 aromatic carbocycles. The van der Waals surface area contributed by atoms with Crippen LogP contribution in [-0.2, 0) is 14.3 Å². The maximum Gasteiger partial charge on any atom is 0.407 e. The van der Waals surface area contributed by atoms with Crippen molar-refractivity contribution in [2.45, 2.75) is 32.2 Å². The standard InChI is InChI=1S/C26H28N2O5/c1-15(2)22(23(29)28-12-16-11-26(16,14-28)24(30)31)27-25(32)33-13-21-19-9-5-3-7-17(19)18-8-4-6-10-20(18)21/h3-10,15-16,21-22H,11-14H2,1-2H3,(H,27,32)(H,30,31)/t16?,22-,26?/m0/s1. The van der Waals surface area contributed by atoms with Crippen molar-refractivity contribution in [3.05, 3.63) is 59.7 Å². The number of piperidine rings is 1. The van der Waals surface area contributed by atoms with E-state index in [4.69, 9.17) is 4.74 Å².